The van der Waals surface area contributed by atoms with E-state index >= 15 is 0 Å². The highest BCUT2D eigenvalue weighted by Gasteiger charge is 2.18. The Hall–Kier alpha value is -4.94. The molecule has 0 unspecified atom stereocenters. The summed E-state index contributed by atoms with van der Waals surface area (Å²) >= 11 is 0. The minimum Gasteiger partial charge on any atom is -0.0958 e. The third kappa shape index (κ3) is 6.30. The Morgan fingerprint density at radius 3 is 1.60 bits per heavy atom. The van der Waals surface area contributed by atoms with Crippen molar-refractivity contribution in [2.24, 2.45) is 0 Å². The highest BCUT2D eigenvalue weighted by molar-refractivity contribution is 5.92. The standard InChI is InChI=1S/C43H38/c1-4-13-41(35-24-22-32(23-25-35)31(2)3)43-30-39(38-20-11-18-36(28-38)33-14-7-5-8-15-33)26-27-42(43)40-21-12-19-37(29-40)34-16-9-6-10-17-34/h5-22,24,26-30H,2,4,23,25H2,1,3H3/b41-13-. The summed E-state index contributed by atoms with van der Waals surface area (Å²) in [5.74, 6) is 0. The molecule has 0 fully saturated rings. The van der Waals surface area contributed by atoms with E-state index < -0.39 is 0 Å². The van der Waals surface area contributed by atoms with E-state index in [1.807, 2.05) is 0 Å². The molecular weight excluding hydrogens is 516 g/mol. The maximum Gasteiger partial charge on any atom is -0.00997 e. The average Bonchev–Trinajstić information content (AvgIpc) is 3.08. The molecule has 0 atom stereocenters. The lowest BCUT2D eigenvalue weighted by Gasteiger charge is -2.21. The van der Waals surface area contributed by atoms with Gasteiger partial charge in [-0.3, -0.25) is 0 Å². The van der Waals surface area contributed by atoms with Crippen molar-refractivity contribution in [3.8, 4) is 44.5 Å². The number of rotatable bonds is 8. The summed E-state index contributed by atoms with van der Waals surface area (Å²) in [6, 6.07) is 46.2. The predicted octanol–water partition coefficient (Wildman–Crippen LogP) is 12.4. The molecule has 0 N–H and O–H groups in total. The molecule has 0 nitrogen and oxygen atoms in total. The van der Waals surface area contributed by atoms with Crippen molar-refractivity contribution in [1.82, 2.24) is 0 Å². The largest absolute Gasteiger partial charge is 0.0958 e. The Morgan fingerprint density at radius 2 is 1.05 bits per heavy atom. The highest BCUT2D eigenvalue weighted by Crippen LogP contribution is 2.40. The van der Waals surface area contributed by atoms with Crippen LogP contribution in [0.3, 0.4) is 0 Å². The maximum atomic E-state index is 4.19. The fourth-order valence-corrected chi connectivity index (χ4v) is 6.04. The van der Waals surface area contributed by atoms with E-state index in [0.29, 0.717) is 0 Å². The fraction of sp³-hybridized carbons (Fsp3) is 0.116. The van der Waals surface area contributed by atoms with E-state index in [1.165, 1.54) is 66.8 Å². The van der Waals surface area contributed by atoms with Crippen LogP contribution in [0.5, 0.6) is 0 Å². The molecule has 0 heteroatoms. The summed E-state index contributed by atoms with van der Waals surface area (Å²) in [6.45, 7) is 8.54. The van der Waals surface area contributed by atoms with E-state index in [1.54, 1.807) is 0 Å². The van der Waals surface area contributed by atoms with Gasteiger partial charge < -0.3 is 0 Å². The van der Waals surface area contributed by atoms with E-state index in [-0.39, 0.29) is 0 Å². The Balaban J connectivity index is 1.51. The van der Waals surface area contributed by atoms with Gasteiger partial charge in [0.05, 0.1) is 0 Å². The monoisotopic (exact) mass is 554 g/mol. The summed E-state index contributed by atoms with van der Waals surface area (Å²) in [4.78, 5) is 0. The lowest BCUT2D eigenvalue weighted by atomic mass is 9.83. The SMILES string of the molecule is C=C(C)C1=CC=C(/C(=C/CC)c2cc(-c3cccc(-c4ccccc4)c3)ccc2-c2cccc(-c3ccccc3)c2)CC1. The van der Waals surface area contributed by atoms with Gasteiger partial charge in [0.25, 0.3) is 0 Å². The van der Waals surface area contributed by atoms with Crippen LogP contribution in [0.4, 0.5) is 0 Å². The Morgan fingerprint density at radius 1 is 0.558 bits per heavy atom. The molecule has 1 aliphatic rings. The minimum absolute atomic E-state index is 0.973. The van der Waals surface area contributed by atoms with Gasteiger partial charge in [-0.2, -0.15) is 0 Å². The van der Waals surface area contributed by atoms with Crippen molar-refractivity contribution >= 4 is 5.57 Å². The van der Waals surface area contributed by atoms with E-state index in [0.717, 1.165) is 24.8 Å². The van der Waals surface area contributed by atoms with Gasteiger partial charge in [-0.1, -0.05) is 146 Å². The average molecular weight is 555 g/mol. The molecule has 0 saturated heterocycles. The normalized spacial score (nSPS) is 13.3. The molecule has 0 saturated carbocycles. The Bertz CT molecular complexity index is 1850. The molecule has 0 aliphatic heterocycles. The molecule has 0 aromatic heterocycles. The lowest BCUT2D eigenvalue weighted by molar-refractivity contribution is 0.938. The molecule has 0 bridgehead atoms. The lowest BCUT2D eigenvalue weighted by Crippen LogP contribution is -2.00. The summed E-state index contributed by atoms with van der Waals surface area (Å²) in [7, 11) is 0. The zero-order chi connectivity index (χ0) is 29.6. The van der Waals surface area contributed by atoms with Crippen molar-refractivity contribution in [1.29, 1.82) is 0 Å². The van der Waals surface area contributed by atoms with E-state index in [2.05, 4.69) is 166 Å². The summed E-state index contributed by atoms with van der Waals surface area (Å²) in [5, 5.41) is 0. The van der Waals surface area contributed by atoms with Gasteiger partial charge in [0.1, 0.15) is 0 Å². The second-order valence-electron chi connectivity index (χ2n) is 11.3. The van der Waals surface area contributed by atoms with Gasteiger partial charge in [-0.15, -0.1) is 0 Å². The van der Waals surface area contributed by atoms with Crippen LogP contribution in [0, 0.1) is 0 Å². The second-order valence-corrected chi connectivity index (χ2v) is 11.3. The van der Waals surface area contributed by atoms with Crippen LogP contribution >= 0.6 is 0 Å². The molecule has 6 rings (SSSR count). The molecule has 0 heterocycles. The summed E-state index contributed by atoms with van der Waals surface area (Å²) < 4.78 is 0. The molecule has 1 aliphatic carbocycles. The number of hydrogen-bond donors (Lipinski definition) is 0. The molecule has 210 valence electrons. The van der Waals surface area contributed by atoms with Gasteiger partial charge in [0.2, 0.25) is 0 Å². The first kappa shape index (κ1) is 28.2. The fourth-order valence-electron chi connectivity index (χ4n) is 6.04. The summed E-state index contributed by atoms with van der Waals surface area (Å²) in [6.07, 6.45) is 10.0. The number of hydrogen-bond acceptors (Lipinski definition) is 0. The first-order chi connectivity index (χ1) is 21.1. The van der Waals surface area contributed by atoms with Crippen LogP contribution in [0.15, 0.2) is 169 Å². The van der Waals surface area contributed by atoms with Crippen molar-refractivity contribution in [2.45, 2.75) is 33.1 Å². The zero-order valence-corrected chi connectivity index (χ0v) is 25.2. The Labute approximate surface area is 257 Å². The van der Waals surface area contributed by atoms with Crippen LogP contribution in [0.1, 0.15) is 38.7 Å². The Kier molecular flexibility index (Phi) is 8.47. The first-order valence-corrected chi connectivity index (χ1v) is 15.3. The van der Waals surface area contributed by atoms with Crippen molar-refractivity contribution < 1.29 is 0 Å². The molecule has 5 aromatic carbocycles. The highest BCUT2D eigenvalue weighted by atomic mass is 14.2. The van der Waals surface area contributed by atoms with Gasteiger partial charge in [0, 0.05) is 0 Å². The van der Waals surface area contributed by atoms with Crippen LogP contribution in [0.25, 0.3) is 50.1 Å². The van der Waals surface area contributed by atoms with Crippen LogP contribution < -0.4 is 0 Å². The molecule has 0 amide bonds. The molecule has 5 aromatic rings. The third-order valence-electron chi connectivity index (χ3n) is 8.35. The van der Waals surface area contributed by atoms with Crippen LogP contribution in [-0.4, -0.2) is 0 Å². The molecule has 0 spiro atoms. The molecule has 43 heavy (non-hydrogen) atoms. The molecular formula is C43H38. The maximum absolute atomic E-state index is 4.19. The smallest absolute Gasteiger partial charge is 0.00997 e. The van der Waals surface area contributed by atoms with Gasteiger partial charge in [-0.25, -0.2) is 0 Å². The number of allylic oxidation sites excluding steroid dienone is 7. The minimum atomic E-state index is 0.973. The predicted molar refractivity (Wildman–Crippen MR) is 187 cm³/mol. The van der Waals surface area contributed by atoms with Crippen molar-refractivity contribution in [2.75, 3.05) is 0 Å². The first-order valence-electron chi connectivity index (χ1n) is 15.3. The van der Waals surface area contributed by atoms with Crippen LogP contribution in [-0.2, 0) is 0 Å². The summed E-state index contributed by atoms with van der Waals surface area (Å²) in [5.41, 5.74) is 16.4. The quantitative estimate of drug-likeness (QED) is 0.179. The third-order valence-corrected chi connectivity index (χ3v) is 8.35. The number of benzene rings is 5. The molecule has 0 radical (unpaired) electrons. The van der Waals surface area contributed by atoms with Crippen molar-refractivity contribution in [3.05, 3.63) is 174 Å². The van der Waals surface area contributed by atoms with Gasteiger partial charge in [0.15, 0.2) is 0 Å². The van der Waals surface area contributed by atoms with Crippen LogP contribution in [0.2, 0.25) is 0 Å². The van der Waals surface area contributed by atoms with Gasteiger partial charge in [-0.05, 0) is 111 Å². The van der Waals surface area contributed by atoms with Gasteiger partial charge >= 0.3 is 0 Å². The van der Waals surface area contributed by atoms with E-state index in [4.69, 9.17) is 0 Å². The zero-order valence-electron chi connectivity index (χ0n) is 25.2. The second kappa shape index (κ2) is 12.9. The van der Waals surface area contributed by atoms with E-state index in [9.17, 15) is 0 Å². The van der Waals surface area contributed by atoms with Crippen molar-refractivity contribution in [3.63, 3.8) is 0 Å². The topological polar surface area (TPSA) is 0 Å².